The van der Waals surface area contributed by atoms with Gasteiger partial charge in [0, 0.05) is 0 Å². The Hall–Kier alpha value is -3.46. The molecule has 2 aromatic carbocycles. The second-order valence-electron chi connectivity index (χ2n) is 5.25. The largest absolute Gasteiger partial charge is 0.491 e. The topological polar surface area (TPSA) is 103 Å². The molecule has 0 spiro atoms. The molecule has 0 heterocycles. The van der Waals surface area contributed by atoms with Crippen LogP contribution in [0.4, 0.5) is 0 Å². The summed E-state index contributed by atoms with van der Waals surface area (Å²) < 4.78 is 31.2. The maximum Gasteiger partial charge on any atom is 0.292 e. The Morgan fingerprint density at radius 3 is 1.18 bits per heavy atom. The molecule has 8 nitrogen and oxygen atoms in total. The van der Waals surface area contributed by atoms with E-state index in [2.05, 4.69) is 9.47 Å². The van der Waals surface area contributed by atoms with Gasteiger partial charge in [-0.05, 0) is 48.5 Å². The molecule has 0 fully saturated rings. The third-order valence-electron chi connectivity index (χ3n) is 3.34. The molecule has 0 aromatic heterocycles. The molecule has 0 unspecified atom stereocenters. The van der Waals surface area contributed by atoms with E-state index >= 15 is 0 Å². The van der Waals surface area contributed by atoms with E-state index in [0.717, 1.165) is 0 Å². The first-order valence-electron chi connectivity index (χ1n) is 8.55. The molecule has 2 rings (SSSR count). The van der Waals surface area contributed by atoms with Gasteiger partial charge in [-0.1, -0.05) is 0 Å². The number of ether oxygens (including phenoxy) is 6. The lowest BCUT2D eigenvalue weighted by Gasteiger charge is -2.09. The van der Waals surface area contributed by atoms with Crippen molar-refractivity contribution in [2.24, 2.45) is 0 Å². The fourth-order valence-electron chi connectivity index (χ4n) is 2.07. The van der Waals surface area contributed by atoms with Crippen LogP contribution in [0.3, 0.4) is 0 Å². The van der Waals surface area contributed by atoms with E-state index in [-0.39, 0.29) is 0 Å². The lowest BCUT2D eigenvalue weighted by atomic mass is 10.3. The molecule has 0 aliphatic heterocycles. The standard InChI is InChI=1S/C20H20N2O6/c21-15-27-19-5-1-17(2-6-19)25-13-11-23-9-10-24-12-14-26-18-3-7-20(8-4-18)28-16-22/h1-8H,9-14H2. The van der Waals surface area contributed by atoms with Crippen molar-refractivity contribution in [3.05, 3.63) is 48.5 Å². The molecule has 0 amide bonds. The molecular formula is C20H20N2O6. The second kappa shape index (κ2) is 12.8. The van der Waals surface area contributed by atoms with Gasteiger partial charge in [-0.3, -0.25) is 0 Å². The van der Waals surface area contributed by atoms with Crippen LogP contribution in [0.15, 0.2) is 48.5 Å². The summed E-state index contributed by atoms with van der Waals surface area (Å²) in [5.41, 5.74) is 0. The highest BCUT2D eigenvalue weighted by Crippen LogP contribution is 2.18. The first-order chi connectivity index (χ1) is 13.8. The van der Waals surface area contributed by atoms with Crippen LogP contribution in [0.5, 0.6) is 23.0 Å². The van der Waals surface area contributed by atoms with Crippen molar-refractivity contribution in [2.75, 3.05) is 39.6 Å². The normalized spacial score (nSPS) is 9.79. The third kappa shape index (κ3) is 8.28. The number of hydrogen-bond donors (Lipinski definition) is 0. The van der Waals surface area contributed by atoms with Crippen molar-refractivity contribution in [1.82, 2.24) is 0 Å². The number of rotatable bonds is 13. The van der Waals surface area contributed by atoms with Crippen molar-refractivity contribution < 1.29 is 28.4 Å². The predicted molar refractivity (Wildman–Crippen MR) is 98.0 cm³/mol. The molecule has 0 aliphatic rings. The van der Waals surface area contributed by atoms with Crippen LogP contribution in [0.2, 0.25) is 0 Å². The highest BCUT2D eigenvalue weighted by molar-refractivity contribution is 5.32. The van der Waals surface area contributed by atoms with Crippen LogP contribution in [-0.2, 0) is 9.47 Å². The zero-order valence-corrected chi connectivity index (χ0v) is 15.2. The summed E-state index contributed by atoms with van der Waals surface area (Å²) in [6.45, 7) is 2.61. The van der Waals surface area contributed by atoms with E-state index in [0.29, 0.717) is 62.6 Å². The van der Waals surface area contributed by atoms with Gasteiger partial charge in [-0.15, -0.1) is 10.5 Å². The van der Waals surface area contributed by atoms with Gasteiger partial charge in [0.2, 0.25) is 0 Å². The van der Waals surface area contributed by atoms with Crippen molar-refractivity contribution >= 4 is 0 Å². The van der Waals surface area contributed by atoms with Crippen molar-refractivity contribution in [1.29, 1.82) is 10.5 Å². The van der Waals surface area contributed by atoms with Gasteiger partial charge >= 0.3 is 0 Å². The maximum atomic E-state index is 8.41. The molecule has 8 heteroatoms. The van der Waals surface area contributed by atoms with Crippen molar-refractivity contribution in [3.63, 3.8) is 0 Å². The lowest BCUT2D eigenvalue weighted by molar-refractivity contribution is 0.0273. The van der Waals surface area contributed by atoms with E-state index in [4.69, 9.17) is 29.5 Å². The molecule has 28 heavy (non-hydrogen) atoms. The van der Waals surface area contributed by atoms with E-state index in [1.165, 1.54) is 0 Å². The molecule has 0 bridgehead atoms. The molecule has 0 aliphatic carbocycles. The molecule has 2 aromatic rings. The zero-order valence-electron chi connectivity index (χ0n) is 15.2. The van der Waals surface area contributed by atoms with E-state index in [1.54, 1.807) is 61.0 Å². The Kier molecular flexibility index (Phi) is 9.55. The zero-order chi connectivity index (χ0) is 19.9. The van der Waals surface area contributed by atoms with Crippen LogP contribution in [-0.4, -0.2) is 39.6 Å². The van der Waals surface area contributed by atoms with E-state index in [9.17, 15) is 0 Å². The summed E-state index contributed by atoms with van der Waals surface area (Å²) >= 11 is 0. The number of benzene rings is 2. The Morgan fingerprint density at radius 2 is 0.821 bits per heavy atom. The van der Waals surface area contributed by atoms with Crippen LogP contribution in [0, 0.1) is 23.0 Å². The quantitative estimate of drug-likeness (QED) is 0.384. The first-order valence-corrected chi connectivity index (χ1v) is 8.55. The summed E-state index contributed by atoms with van der Waals surface area (Å²) in [6, 6.07) is 13.5. The highest BCUT2D eigenvalue weighted by atomic mass is 16.6. The van der Waals surface area contributed by atoms with Gasteiger partial charge in [0.05, 0.1) is 26.4 Å². The van der Waals surface area contributed by atoms with Gasteiger partial charge < -0.3 is 28.4 Å². The average molecular weight is 384 g/mol. The summed E-state index contributed by atoms with van der Waals surface area (Å²) in [7, 11) is 0. The number of hydrogen-bond acceptors (Lipinski definition) is 8. The molecule has 0 saturated carbocycles. The fourth-order valence-corrected chi connectivity index (χ4v) is 2.07. The first kappa shape index (κ1) is 20.8. The lowest BCUT2D eigenvalue weighted by Crippen LogP contribution is -2.13. The van der Waals surface area contributed by atoms with E-state index in [1.807, 2.05) is 0 Å². The molecule has 146 valence electrons. The molecule has 0 radical (unpaired) electrons. The fraction of sp³-hybridized carbons (Fsp3) is 0.300. The summed E-state index contributed by atoms with van der Waals surface area (Å²) in [4.78, 5) is 0. The minimum Gasteiger partial charge on any atom is -0.491 e. The minimum absolute atomic E-state index is 0.410. The van der Waals surface area contributed by atoms with Crippen molar-refractivity contribution in [3.8, 4) is 35.5 Å². The molecular weight excluding hydrogens is 364 g/mol. The van der Waals surface area contributed by atoms with Gasteiger partial charge in [-0.25, -0.2) is 0 Å². The Morgan fingerprint density at radius 1 is 0.500 bits per heavy atom. The van der Waals surface area contributed by atoms with Gasteiger partial charge in [0.15, 0.2) is 0 Å². The smallest absolute Gasteiger partial charge is 0.292 e. The molecule has 0 saturated heterocycles. The minimum atomic E-state index is 0.410. The average Bonchev–Trinajstić information content (AvgIpc) is 2.72. The highest BCUT2D eigenvalue weighted by Gasteiger charge is 1.98. The summed E-state index contributed by atoms with van der Waals surface area (Å²) in [6.07, 6.45) is 3.22. The second-order valence-corrected chi connectivity index (χ2v) is 5.25. The monoisotopic (exact) mass is 384 g/mol. The van der Waals surface area contributed by atoms with E-state index < -0.39 is 0 Å². The molecule has 0 atom stereocenters. The summed E-state index contributed by atoms with van der Waals surface area (Å²) in [5, 5.41) is 16.8. The number of nitrogens with zero attached hydrogens (tertiary/aromatic N) is 2. The predicted octanol–water partition coefficient (Wildman–Crippen LogP) is 2.90. The maximum absolute atomic E-state index is 8.41. The van der Waals surface area contributed by atoms with Crippen LogP contribution in [0.25, 0.3) is 0 Å². The molecule has 0 N–H and O–H groups in total. The van der Waals surface area contributed by atoms with Gasteiger partial charge in [-0.2, -0.15) is 0 Å². The third-order valence-corrected chi connectivity index (χ3v) is 3.34. The Balaban J connectivity index is 1.43. The van der Waals surface area contributed by atoms with Gasteiger partial charge in [0.25, 0.3) is 12.5 Å². The van der Waals surface area contributed by atoms with Gasteiger partial charge in [0.1, 0.15) is 36.2 Å². The van der Waals surface area contributed by atoms with Crippen molar-refractivity contribution in [2.45, 2.75) is 0 Å². The van der Waals surface area contributed by atoms with Crippen LogP contribution < -0.4 is 18.9 Å². The van der Waals surface area contributed by atoms with Crippen LogP contribution in [0.1, 0.15) is 0 Å². The Bertz CT molecular complexity index is 698. The Labute approximate surface area is 163 Å². The number of nitriles is 2. The summed E-state index contributed by atoms with van der Waals surface area (Å²) in [5.74, 6) is 2.29. The van der Waals surface area contributed by atoms with Crippen LogP contribution >= 0.6 is 0 Å². The SMILES string of the molecule is N#COc1ccc(OCCOCCOCCOc2ccc(OC#N)cc2)cc1.